The minimum atomic E-state index is -0.862. The molecule has 26 heavy (non-hydrogen) atoms. The highest BCUT2D eigenvalue weighted by Crippen LogP contribution is 2.36. The fourth-order valence-corrected chi connectivity index (χ4v) is 3.66. The van der Waals surface area contributed by atoms with E-state index in [1.165, 1.54) is 10.9 Å². The molecule has 3 nitrogen and oxygen atoms in total. The highest BCUT2D eigenvalue weighted by atomic mass is 16.3. The first-order valence-corrected chi connectivity index (χ1v) is 8.88. The van der Waals surface area contributed by atoms with Crippen molar-refractivity contribution < 1.29 is 5.11 Å². The largest absolute Gasteiger partial charge is 0.379 e. The van der Waals surface area contributed by atoms with Crippen LogP contribution in [0.5, 0.6) is 0 Å². The van der Waals surface area contributed by atoms with Crippen LogP contribution in [0.4, 0.5) is 0 Å². The van der Waals surface area contributed by atoms with Gasteiger partial charge in [-0.3, -0.25) is 0 Å². The maximum absolute atomic E-state index is 9.91. The van der Waals surface area contributed by atoms with Crippen LogP contribution >= 0.6 is 0 Å². The topological polar surface area (TPSA) is 51.2 Å². The zero-order valence-electron chi connectivity index (χ0n) is 14.5. The molecule has 3 aromatic carbocycles. The summed E-state index contributed by atoms with van der Waals surface area (Å²) in [7, 11) is 0. The Morgan fingerprint density at radius 1 is 0.808 bits per heavy atom. The molecule has 130 valence electrons. The summed E-state index contributed by atoms with van der Waals surface area (Å²) >= 11 is 0. The van der Waals surface area contributed by atoms with Crippen molar-refractivity contribution in [3.05, 3.63) is 102 Å². The van der Waals surface area contributed by atoms with Crippen molar-refractivity contribution >= 4 is 10.9 Å². The summed E-state index contributed by atoms with van der Waals surface area (Å²) in [5.41, 5.74) is 10.4. The van der Waals surface area contributed by atoms with Crippen LogP contribution < -0.4 is 5.73 Å². The number of aliphatic hydroxyl groups is 1. The number of hydrogen-bond donors (Lipinski definition) is 2. The summed E-state index contributed by atoms with van der Waals surface area (Å²) in [5, 5.41) is 11.1. The number of para-hydroxylation sites is 2. The van der Waals surface area contributed by atoms with Gasteiger partial charge in [-0.15, -0.1) is 0 Å². The fourth-order valence-electron chi connectivity index (χ4n) is 3.66. The van der Waals surface area contributed by atoms with Gasteiger partial charge < -0.3 is 15.4 Å². The lowest BCUT2D eigenvalue weighted by Crippen LogP contribution is -2.22. The van der Waals surface area contributed by atoms with Gasteiger partial charge in [0, 0.05) is 23.2 Å². The van der Waals surface area contributed by atoms with Crippen molar-refractivity contribution in [1.82, 2.24) is 4.57 Å². The van der Waals surface area contributed by atoms with Crippen molar-refractivity contribution in [3.8, 4) is 5.69 Å². The molecule has 0 aliphatic heterocycles. The van der Waals surface area contributed by atoms with Gasteiger partial charge in [-0.25, -0.2) is 0 Å². The Kier molecular flexibility index (Phi) is 4.57. The van der Waals surface area contributed by atoms with Gasteiger partial charge in [0.1, 0.15) is 6.23 Å². The van der Waals surface area contributed by atoms with Crippen molar-refractivity contribution in [3.63, 3.8) is 0 Å². The van der Waals surface area contributed by atoms with Crippen LogP contribution in [-0.4, -0.2) is 15.9 Å². The van der Waals surface area contributed by atoms with Crippen LogP contribution in [0.25, 0.3) is 16.6 Å². The maximum atomic E-state index is 9.91. The number of aromatic nitrogens is 1. The van der Waals surface area contributed by atoms with Crippen LogP contribution in [-0.2, 0) is 0 Å². The molecule has 0 saturated carbocycles. The van der Waals surface area contributed by atoms with Crippen LogP contribution in [0.1, 0.15) is 23.5 Å². The smallest absolute Gasteiger partial charge is 0.103 e. The first-order valence-electron chi connectivity index (χ1n) is 8.88. The molecule has 1 heterocycles. The second kappa shape index (κ2) is 7.16. The third-order valence-corrected chi connectivity index (χ3v) is 4.83. The first-order chi connectivity index (χ1) is 12.7. The molecule has 0 bridgehead atoms. The van der Waals surface area contributed by atoms with Crippen molar-refractivity contribution in [2.24, 2.45) is 5.73 Å². The molecule has 2 atom stereocenters. The molecule has 3 heteroatoms. The van der Waals surface area contributed by atoms with E-state index in [1.54, 1.807) is 0 Å². The first kappa shape index (κ1) is 16.6. The number of aliphatic hydroxyl groups excluding tert-OH is 1. The second-order valence-electron chi connectivity index (χ2n) is 6.57. The Labute approximate surface area is 153 Å². The van der Waals surface area contributed by atoms with Crippen LogP contribution in [0.2, 0.25) is 0 Å². The minimum Gasteiger partial charge on any atom is -0.379 e. The summed E-state index contributed by atoms with van der Waals surface area (Å²) in [5.74, 6) is 0.0334. The van der Waals surface area contributed by atoms with Crippen LogP contribution in [0.3, 0.4) is 0 Å². The van der Waals surface area contributed by atoms with E-state index in [2.05, 4.69) is 59.3 Å². The van der Waals surface area contributed by atoms with E-state index in [9.17, 15) is 5.11 Å². The Hall–Kier alpha value is -2.88. The molecule has 1 aromatic heterocycles. The van der Waals surface area contributed by atoms with Gasteiger partial charge in [-0.2, -0.15) is 0 Å². The summed E-state index contributed by atoms with van der Waals surface area (Å²) in [6, 6.07) is 29.0. The minimum absolute atomic E-state index is 0.0334. The van der Waals surface area contributed by atoms with Gasteiger partial charge >= 0.3 is 0 Å². The second-order valence-corrected chi connectivity index (χ2v) is 6.57. The van der Waals surface area contributed by atoms with Gasteiger partial charge in [0.15, 0.2) is 0 Å². The van der Waals surface area contributed by atoms with Gasteiger partial charge in [-0.1, -0.05) is 66.7 Å². The van der Waals surface area contributed by atoms with Gasteiger partial charge in [-0.05, 0) is 35.7 Å². The molecule has 0 aliphatic carbocycles. The zero-order valence-corrected chi connectivity index (χ0v) is 14.5. The van der Waals surface area contributed by atoms with E-state index in [4.69, 9.17) is 5.73 Å². The molecule has 0 radical (unpaired) electrons. The number of rotatable bonds is 5. The van der Waals surface area contributed by atoms with Crippen molar-refractivity contribution in [2.45, 2.75) is 18.6 Å². The lowest BCUT2D eigenvalue weighted by Gasteiger charge is -2.19. The molecule has 3 N–H and O–H groups in total. The third kappa shape index (κ3) is 3.15. The summed E-state index contributed by atoms with van der Waals surface area (Å²) in [4.78, 5) is 0. The molecular formula is C23H22N2O. The van der Waals surface area contributed by atoms with Gasteiger partial charge in [0.2, 0.25) is 0 Å². The van der Waals surface area contributed by atoms with E-state index in [1.807, 2.05) is 36.4 Å². The number of nitrogens with zero attached hydrogens (tertiary/aromatic N) is 1. The third-order valence-electron chi connectivity index (χ3n) is 4.83. The number of benzene rings is 3. The van der Waals surface area contributed by atoms with Crippen molar-refractivity contribution in [2.75, 3.05) is 0 Å². The molecule has 0 aliphatic rings. The molecule has 0 fully saturated rings. The van der Waals surface area contributed by atoms with Crippen LogP contribution in [0.15, 0.2) is 91.1 Å². The predicted octanol–water partition coefficient (Wildman–Crippen LogP) is 4.43. The quantitative estimate of drug-likeness (QED) is 0.527. The maximum Gasteiger partial charge on any atom is 0.103 e. The highest BCUT2D eigenvalue weighted by Gasteiger charge is 2.21. The van der Waals surface area contributed by atoms with E-state index in [0.717, 1.165) is 16.8 Å². The number of fused-ring (bicyclic) bond motifs is 1. The van der Waals surface area contributed by atoms with E-state index in [-0.39, 0.29) is 5.92 Å². The van der Waals surface area contributed by atoms with E-state index < -0.39 is 6.23 Å². The number of hydrogen-bond acceptors (Lipinski definition) is 2. The molecule has 4 rings (SSSR count). The standard InChI is InChI=1S/C23H22N2O/c24-23(26)15-20(17-9-3-1-4-10-17)21-16-25(18-11-5-2-6-12-18)22-14-8-7-13-19(21)22/h1-14,16,20,23,26H,15,24H2. The number of nitrogens with two attached hydrogens (primary N) is 1. The molecule has 2 unspecified atom stereocenters. The SMILES string of the molecule is NC(O)CC(c1ccccc1)c1cn(-c2ccccc2)c2ccccc12. The zero-order chi connectivity index (χ0) is 17.9. The van der Waals surface area contributed by atoms with E-state index in [0.29, 0.717) is 6.42 Å². The van der Waals surface area contributed by atoms with Gasteiger partial charge in [0.25, 0.3) is 0 Å². The monoisotopic (exact) mass is 342 g/mol. The molecule has 4 aromatic rings. The Balaban J connectivity index is 1.92. The molecule has 0 amide bonds. The highest BCUT2D eigenvalue weighted by molar-refractivity contribution is 5.86. The van der Waals surface area contributed by atoms with Gasteiger partial charge in [0.05, 0.1) is 5.52 Å². The Morgan fingerprint density at radius 2 is 1.42 bits per heavy atom. The lowest BCUT2D eigenvalue weighted by molar-refractivity contribution is 0.167. The lowest BCUT2D eigenvalue weighted by atomic mass is 9.88. The summed E-state index contributed by atoms with van der Waals surface area (Å²) < 4.78 is 2.21. The summed E-state index contributed by atoms with van der Waals surface area (Å²) in [6.07, 6.45) is 1.80. The molecular weight excluding hydrogens is 320 g/mol. The fraction of sp³-hybridized carbons (Fsp3) is 0.130. The summed E-state index contributed by atoms with van der Waals surface area (Å²) in [6.45, 7) is 0. The predicted molar refractivity (Wildman–Crippen MR) is 106 cm³/mol. The Morgan fingerprint density at radius 3 is 2.12 bits per heavy atom. The average Bonchev–Trinajstić information content (AvgIpc) is 3.07. The van der Waals surface area contributed by atoms with Crippen LogP contribution in [0, 0.1) is 0 Å². The molecule has 0 saturated heterocycles. The van der Waals surface area contributed by atoms with E-state index >= 15 is 0 Å². The average molecular weight is 342 g/mol. The molecule has 0 spiro atoms. The normalized spacial score (nSPS) is 13.6. The Bertz CT molecular complexity index is 991. The van der Waals surface area contributed by atoms with Crippen molar-refractivity contribution in [1.29, 1.82) is 0 Å².